The van der Waals surface area contributed by atoms with Crippen molar-refractivity contribution in [2.24, 2.45) is 0 Å². The van der Waals surface area contributed by atoms with Gasteiger partial charge in [0, 0.05) is 0 Å². The second kappa shape index (κ2) is 2.80. The average Bonchev–Trinajstić information content (AvgIpc) is 1.80. The molecule has 1 N–H and O–H groups in total. The zero-order valence-corrected chi connectivity index (χ0v) is 5.47. The van der Waals surface area contributed by atoms with Crippen LogP contribution in [0.25, 0.3) is 0 Å². The van der Waals surface area contributed by atoms with E-state index in [2.05, 4.69) is 6.58 Å². The maximum absolute atomic E-state index is 11.5. The van der Waals surface area contributed by atoms with Crippen LogP contribution in [0.15, 0.2) is 12.2 Å². The molecule has 0 aromatic rings. The van der Waals surface area contributed by atoms with Gasteiger partial charge in [0.15, 0.2) is 0 Å². The highest BCUT2D eigenvalue weighted by molar-refractivity contribution is 6.02. The molecule has 0 spiro atoms. The fourth-order valence-electron chi connectivity index (χ4n) is 0.313. The molecular weight excluding hydrogens is 188 g/mol. The van der Waals surface area contributed by atoms with Crippen LogP contribution in [0.2, 0.25) is 0 Å². The normalized spacial score (nSPS) is 12.8. The van der Waals surface area contributed by atoms with Gasteiger partial charge in [-0.25, -0.2) is 0 Å². The third-order valence-corrected chi connectivity index (χ3v) is 0.927. The monoisotopic (exact) mass is 191 g/mol. The lowest BCUT2D eigenvalue weighted by Crippen LogP contribution is -2.30. The van der Waals surface area contributed by atoms with Crippen LogP contribution in [-0.4, -0.2) is 18.1 Å². The van der Waals surface area contributed by atoms with Crippen molar-refractivity contribution in [2.45, 2.75) is 12.4 Å². The van der Waals surface area contributed by atoms with E-state index in [1.54, 1.807) is 0 Å². The molecule has 0 aliphatic heterocycles. The van der Waals surface area contributed by atoms with Crippen molar-refractivity contribution in [2.75, 3.05) is 0 Å². The summed E-state index contributed by atoms with van der Waals surface area (Å²) in [4.78, 5) is 0. The Hall–Kier alpha value is -1.01. The van der Waals surface area contributed by atoms with Crippen LogP contribution < -0.4 is 0 Å². The van der Waals surface area contributed by atoms with E-state index in [4.69, 9.17) is 5.41 Å². The average molecular weight is 191 g/mol. The Morgan fingerprint density at radius 3 is 1.33 bits per heavy atom. The first-order valence-corrected chi connectivity index (χ1v) is 2.49. The van der Waals surface area contributed by atoms with E-state index in [0.29, 0.717) is 0 Å². The zero-order chi connectivity index (χ0) is 10.2. The molecular formula is C5H3F6N. The summed E-state index contributed by atoms with van der Waals surface area (Å²) in [5.41, 5.74) is -4.65. The first kappa shape index (κ1) is 11.0. The Labute approximate surface area is 63.2 Å². The van der Waals surface area contributed by atoms with Gasteiger partial charge in [-0.3, -0.25) is 5.41 Å². The van der Waals surface area contributed by atoms with Gasteiger partial charge in [-0.05, 0) is 0 Å². The molecule has 0 rings (SSSR count). The second-order valence-corrected chi connectivity index (χ2v) is 1.85. The molecule has 0 heterocycles. The third kappa shape index (κ3) is 2.55. The Bertz CT molecular complexity index is 185. The minimum absolute atomic E-state index is 2.12. The largest absolute Gasteiger partial charge is 0.433 e. The Balaban J connectivity index is 4.66. The zero-order valence-electron chi connectivity index (χ0n) is 5.47. The van der Waals surface area contributed by atoms with Crippen LogP contribution in [0.1, 0.15) is 0 Å². The lowest BCUT2D eigenvalue weighted by molar-refractivity contribution is -0.0965. The van der Waals surface area contributed by atoms with E-state index >= 15 is 0 Å². The molecule has 0 aromatic heterocycles. The Morgan fingerprint density at radius 2 is 1.25 bits per heavy atom. The summed E-state index contributed by atoms with van der Waals surface area (Å²) in [6, 6.07) is 0. The standard InChI is InChI=1S/C5H3F6N/c1-2(4(6,7)8)3(12)5(9,10)11/h12H,1H2. The van der Waals surface area contributed by atoms with E-state index in [-0.39, 0.29) is 0 Å². The van der Waals surface area contributed by atoms with Gasteiger partial charge < -0.3 is 0 Å². The smallest absolute Gasteiger partial charge is 0.296 e. The van der Waals surface area contributed by atoms with Crippen molar-refractivity contribution in [3.8, 4) is 0 Å². The van der Waals surface area contributed by atoms with Gasteiger partial charge in [0.25, 0.3) is 0 Å². The van der Waals surface area contributed by atoms with Crippen molar-refractivity contribution in [1.29, 1.82) is 5.41 Å². The molecule has 0 saturated carbocycles. The molecule has 0 unspecified atom stereocenters. The number of allylic oxidation sites excluding steroid dienone is 1. The van der Waals surface area contributed by atoms with Crippen molar-refractivity contribution < 1.29 is 26.3 Å². The molecule has 0 amide bonds. The lowest BCUT2D eigenvalue weighted by Gasteiger charge is -2.12. The molecule has 0 aromatic carbocycles. The number of nitrogens with one attached hydrogen (secondary N) is 1. The molecule has 0 bridgehead atoms. The van der Waals surface area contributed by atoms with Crippen LogP contribution in [0, 0.1) is 5.41 Å². The molecule has 0 atom stereocenters. The van der Waals surface area contributed by atoms with Crippen molar-refractivity contribution in [3.63, 3.8) is 0 Å². The van der Waals surface area contributed by atoms with Crippen molar-refractivity contribution >= 4 is 5.71 Å². The molecule has 0 aliphatic carbocycles. The van der Waals surface area contributed by atoms with Crippen LogP contribution in [0.3, 0.4) is 0 Å². The number of rotatable bonds is 1. The summed E-state index contributed by atoms with van der Waals surface area (Å²) in [6.07, 6.45) is -10.5. The van der Waals surface area contributed by atoms with E-state index in [9.17, 15) is 26.3 Å². The fraction of sp³-hybridized carbons (Fsp3) is 0.400. The van der Waals surface area contributed by atoms with Gasteiger partial charge in [-0.1, -0.05) is 6.58 Å². The quantitative estimate of drug-likeness (QED) is 0.486. The van der Waals surface area contributed by atoms with Crippen LogP contribution in [0.5, 0.6) is 0 Å². The molecule has 1 nitrogen and oxygen atoms in total. The van der Waals surface area contributed by atoms with Gasteiger partial charge in [-0.15, -0.1) is 0 Å². The summed E-state index contributed by atoms with van der Waals surface area (Å²) in [6.45, 7) is 2.12. The highest BCUT2D eigenvalue weighted by Gasteiger charge is 2.45. The second-order valence-electron chi connectivity index (χ2n) is 1.85. The maximum Gasteiger partial charge on any atom is 0.433 e. The van der Waals surface area contributed by atoms with Crippen LogP contribution in [0.4, 0.5) is 26.3 Å². The summed E-state index contributed by atoms with van der Waals surface area (Å²) in [5.74, 6) is 0. The predicted molar refractivity (Wildman–Crippen MR) is 29.0 cm³/mol. The minimum atomic E-state index is -5.30. The first-order chi connectivity index (χ1) is 5.07. The van der Waals surface area contributed by atoms with E-state index < -0.39 is 23.6 Å². The number of hydrogen-bond donors (Lipinski definition) is 1. The van der Waals surface area contributed by atoms with E-state index in [1.807, 2.05) is 0 Å². The van der Waals surface area contributed by atoms with Crippen LogP contribution in [-0.2, 0) is 0 Å². The highest BCUT2D eigenvalue weighted by atomic mass is 19.4. The molecule has 0 radical (unpaired) electrons. The Kier molecular flexibility index (Phi) is 2.56. The van der Waals surface area contributed by atoms with Crippen molar-refractivity contribution in [1.82, 2.24) is 0 Å². The number of hydrogen-bond acceptors (Lipinski definition) is 1. The molecule has 12 heavy (non-hydrogen) atoms. The van der Waals surface area contributed by atoms with Gasteiger partial charge >= 0.3 is 12.4 Å². The molecule has 70 valence electrons. The predicted octanol–water partition coefficient (Wildman–Crippen LogP) is 2.69. The van der Waals surface area contributed by atoms with Crippen molar-refractivity contribution in [3.05, 3.63) is 12.2 Å². The summed E-state index contributed by atoms with van der Waals surface area (Å²) in [5, 5.41) is 6.06. The van der Waals surface area contributed by atoms with Crippen LogP contribution >= 0.6 is 0 Å². The van der Waals surface area contributed by atoms with Gasteiger partial charge in [0.2, 0.25) is 0 Å². The molecule has 0 saturated heterocycles. The first-order valence-electron chi connectivity index (χ1n) is 2.49. The summed E-state index contributed by atoms with van der Waals surface area (Å²) >= 11 is 0. The Morgan fingerprint density at radius 1 is 0.917 bits per heavy atom. The maximum atomic E-state index is 11.5. The highest BCUT2D eigenvalue weighted by Crippen LogP contribution is 2.30. The number of halogens is 6. The van der Waals surface area contributed by atoms with Gasteiger partial charge in [0.05, 0.1) is 5.57 Å². The summed E-state index contributed by atoms with van der Waals surface area (Å²) in [7, 11) is 0. The number of alkyl halides is 6. The molecule has 7 heteroatoms. The fourth-order valence-corrected chi connectivity index (χ4v) is 0.313. The third-order valence-electron chi connectivity index (χ3n) is 0.927. The molecule has 0 fully saturated rings. The van der Waals surface area contributed by atoms with E-state index in [1.165, 1.54) is 0 Å². The SMILES string of the molecule is C=C(C(=N)C(F)(F)F)C(F)(F)F. The van der Waals surface area contributed by atoms with Gasteiger partial charge in [0.1, 0.15) is 5.71 Å². The lowest BCUT2D eigenvalue weighted by atomic mass is 10.2. The van der Waals surface area contributed by atoms with E-state index in [0.717, 1.165) is 0 Å². The topological polar surface area (TPSA) is 23.9 Å². The minimum Gasteiger partial charge on any atom is -0.296 e. The summed E-state index contributed by atoms with van der Waals surface area (Å²) < 4.78 is 68.8. The molecule has 0 aliphatic rings. The van der Waals surface area contributed by atoms with Gasteiger partial charge in [-0.2, -0.15) is 26.3 Å².